The lowest BCUT2D eigenvalue weighted by molar-refractivity contribution is 0.0662. The Balaban J connectivity index is 1.40. The fraction of sp³-hybridized carbons (Fsp3) is 0.435. The molecule has 2 aromatic heterocycles. The van der Waals surface area contributed by atoms with Crippen molar-refractivity contribution in [3.05, 3.63) is 64.7 Å². The Morgan fingerprint density at radius 2 is 1.70 bits per heavy atom. The number of cyclic esters (lactones) is 1. The highest BCUT2D eigenvalue weighted by molar-refractivity contribution is 5.72. The summed E-state index contributed by atoms with van der Waals surface area (Å²) in [5.41, 5.74) is 1.85. The first-order valence-corrected chi connectivity index (χ1v) is 10.6. The van der Waals surface area contributed by atoms with E-state index in [1.54, 1.807) is 10.8 Å². The van der Waals surface area contributed by atoms with E-state index in [2.05, 4.69) is 22.1 Å². The Morgan fingerprint density at radius 3 is 2.43 bits per heavy atom. The van der Waals surface area contributed by atoms with Gasteiger partial charge in [-0.2, -0.15) is 0 Å². The highest BCUT2D eigenvalue weighted by atomic mass is 16.6. The molecule has 7 nitrogen and oxygen atoms in total. The fourth-order valence-electron chi connectivity index (χ4n) is 5.22. The molecular formula is C23H26N4O3. The standard InChI is InChI=1S/C23H26N4O3/c1-23(2)19(15-7-4-3-5-8-15)26(22(29)30-23)16-10-12-17(13-11-16)27-20-18(25-21(27)28)9-6-14-24-20/h3-9,14,16-17,19H,10-13H2,1-2H3,(H,25,28)/t16?,17?,19-/m1/s1. The average molecular weight is 406 g/mol. The van der Waals surface area contributed by atoms with Crippen molar-refractivity contribution in [3.63, 3.8) is 0 Å². The summed E-state index contributed by atoms with van der Waals surface area (Å²) in [5, 5.41) is 0. The number of hydrogen-bond acceptors (Lipinski definition) is 4. The Hall–Kier alpha value is -3.09. The van der Waals surface area contributed by atoms with Gasteiger partial charge >= 0.3 is 11.8 Å². The second-order valence-electron chi connectivity index (χ2n) is 8.83. The van der Waals surface area contributed by atoms with Crippen LogP contribution in [0, 0.1) is 0 Å². The van der Waals surface area contributed by atoms with Gasteiger partial charge in [-0.1, -0.05) is 30.3 Å². The lowest BCUT2D eigenvalue weighted by Crippen LogP contribution is -2.43. The van der Waals surface area contributed by atoms with E-state index in [-0.39, 0.29) is 29.9 Å². The summed E-state index contributed by atoms with van der Waals surface area (Å²) < 4.78 is 7.56. The summed E-state index contributed by atoms with van der Waals surface area (Å²) in [7, 11) is 0. The van der Waals surface area contributed by atoms with Crippen LogP contribution in [0.3, 0.4) is 0 Å². The molecule has 1 N–H and O–H groups in total. The fourth-order valence-corrected chi connectivity index (χ4v) is 5.22. The lowest BCUT2D eigenvalue weighted by Gasteiger charge is -2.38. The number of pyridine rings is 1. The van der Waals surface area contributed by atoms with Gasteiger partial charge in [0.1, 0.15) is 5.60 Å². The number of amides is 1. The number of aromatic nitrogens is 3. The van der Waals surface area contributed by atoms with Crippen LogP contribution in [-0.4, -0.2) is 37.2 Å². The van der Waals surface area contributed by atoms with E-state index in [1.165, 1.54) is 0 Å². The summed E-state index contributed by atoms with van der Waals surface area (Å²) in [6, 6.07) is 13.9. The minimum atomic E-state index is -0.590. The molecule has 156 valence electrons. The lowest BCUT2D eigenvalue weighted by atomic mass is 9.86. The van der Waals surface area contributed by atoms with Gasteiger partial charge in [-0.05, 0) is 57.2 Å². The molecule has 1 aromatic carbocycles. The van der Waals surface area contributed by atoms with Crippen molar-refractivity contribution in [2.24, 2.45) is 0 Å². The molecule has 2 fully saturated rings. The third kappa shape index (κ3) is 3.00. The first-order valence-electron chi connectivity index (χ1n) is 10.6. The number of nitrogens with zero attached hydrogens (tertiary/aromatic N) is 3. The summed E-state index contributed by atoms with van der Waals surface area (Å²) in [4.78, 5) is 34.6. The van der Waals surface area contributed by atoms with Crippen LogP contribution in [0.5, 0.6) is 0 Å². The van der Waals surface area contributed by atoms with Gasteiger partial charge in [0, 0.05) is 18.3 Å². The van der Waals surface area contributed by atoms with E-state index in [0.29, 0.717) is 5.65 Å². The minimum absolute atomic E-state index is 0.0826. The van der Waals surface area contributed by atoms with Gasteiger partial charge in [0.25, 0.3) is 0 Å². The molecule has 3 aromatic rings. The molecular weight excluding hydrogens is 380 g/mol. The summed E-state index contributed by atoms with van der Waals surface area (Å²) in [6.07, 6.45) is 4.75. The Bertz CT molecular complexity index is 1130. The van der Waals surface area contributed by atoms with E-state index >= 15 is 0 Å². The SMILES string of the molecule is CC1(C)OC(=O)N(C2CCC(n3c(=O)[nH]c4cccnc43)CC2)[C@@H]1c1ccccc1. The molecule has 30 heavy (non-hydrogen) atoms. The molecule has 0 bridgehead atoms. The van der Waals surface area contributed by atoms with E-state index in [9.17, 15) is 9.59 Å². The number of nitrogens with one attached hydrogen (secondary N) is 1. The highest BCUT2D eigenvalue weighted by Gasteiger charge is 2.51. The van der Waals surface area contributed by atoms with Gasteiger partial charge in [-0.3, -0.25) is 9.47 Å². The van der Waals surface area contributed by atoms with Crippen LogP contribution >= 0.6 is 0 Å². The summed E-state index contributed by atoms with van der Waals surface area (Å²) >= 11 is 0. The predicted molar refractivity (Wildman–Crippen MR) is 113 cm³/mol. The van der Waals surface area contributed by atoms with Crippen LogP contribution in [-0.2, 0) is 4.74 Å². The summed E-state index contributed by atoms with van der Waals surface area (Å²) in [5.74, 6) is 0. The molecule has 1 amide bonds. The minimum Gasteiger partial charge on any atom is -0.441 e. The number of carbonyl (C=O) groups is 1. The van der Waals surface area contributed by atoms with Crippen molar-refractivity contribution < 1.29 is 9.53 Å². The largest absolute Gasteiger partial charge is 0.441 e. The molecule has 2 aliphatic rings. The van der Waals surface area contributed by atoms with Gasteiger partial charge in [-0.25, -0.2) is 14.6 Å². The van der Waals surface area contributed by atoms with Crippen LogP contribution in [0.25, 0.3) is 11.2 Å². The van der Waals surface area contributed by atoms with Gasteiger partial charge in [0.2, 0.25) is 0 Å². The maximum absolute atomic E-state index is 12.8. The van der Waals surface area contributed by atoms with Crippen LogP contribution in [0.15, 0.2) is 53.5 Å². The third-order valence-corrected chi connectivity index (χ3v) is 6.51. The molecule has 5 rings (SSSR count). The van der Waals surface area contributed by atoms with Crippen LogP contribution < -0.4 is 5.69 Å². The first kappa shape index (κ1) is 18.9. The molecule has 0 spiro atoms. The molecule has 1 aliphatic carbocycles. The van der Waals surface area contributed by atoms with Crippen molar-refractivity contribution >= 4 is 17.3 Å². The van der Waals surface area contributed by atoms with Crippen molar-refractivity contribution in [2.75, 3.05) is 0 Å². The van der Waals surface area contributed by atoms with E-state index in [4.69, 9.17) is 4.74 Å². The number of benzene rings is 1. The van der Waals surface area contributed by atoms with E-state index in [0.717, 1.165) is 36.8 Å². The number of carbonyl (C=O) groups excluding carboxylic acids is 1. The predicted octanol–water partition coefficient (Wildman–Crippen LogP) is 4.18. The zero-order valence-corrected chi connectivity index (χ0v) is 17.2. The zero-order chi connectivity index (χ0) is 20.9. The zero-order valence-electron chi connectivity index (χ0n) is 17.2. The number of imidazole rings is 1. The van der Waals surface area contributed by atoms with Crippen LogP contribution in [0.2, 0.25) is 0 Å². The van der Waals surface area contributed by atoms with Crippen molar-refractivity contribution in [2.45, 2.75) is 63.3 Å². The number of H-pyrrole nitrogens is 1. The highest BCUT2D eigenvalue weighted by Crippen LogP contribution is 2.45. The van der Waals surface area contributed by atoms with Crippen molar-refractivity contribution in [1.29, 1.82) is 0 Å². The molecule has 3 heterocycles. The Labute approximate surface area is 174 Å². The van der Waals surface area contributed by atoms with Gasteiger partial charge in [0.15, 0.2) is 5.65 Å². The average Bonchev–Trinajstić information content (AvgIpc) is 3.20. The second kappa shape index (κ2) is 7.00. The number of ether oxygens (including phenoxy) is 1. The maximum Gasteiger partial charge on any atom is 0.411 e. The number of fused-ring (bicyclic) bond motifs is 1. The van der Waals surface area contributed by atoms with Crippen molar-refractivity contribution in [1.82, 2.24) is 19.4 Å². The number of hydrogen-bond donors (Lipinski definition) is 1. The van der Waals surface area contributed by atoms with Gasteiger partial charge in [-0.15, -0.1) is 0 Å². The molecule has 1 saturated heterocycles. The second-order valence-corrected chi connectivity index (χ2v) is 8.83. The monoisotopic (exact) mass is 406 g/mol. The normalized spacial score (nSPS) is 26.1. The maximum atomic E-state index is 12.8. The Kier molecular flexibility index (Phi) is 4.41. The number of aromatic amines is 1. The molecule has 7 heteroatoms. The van der Waals surface area contributed by atoms with E-state index < -0.39 is 5.60 Å². The molecule has 0 unspecified atom stereocenters. The first-order chi connectivity index (χ1) is 14.5. The quantitative estimate of drug-likeness (QED) is 0.708. The molecule has 1 atom stereocenters. The topological polar surface area (TPSA) is 80.2 Å². The molecule has 0 radical (unpaired) electrons. The third-order valence-electron chi connectivity index (χ3n) is 6.51. The van der Waals surface area contributed by atoms with Crippen LogP contribution in [0.1, 0.15) is 57.2 Å². The van der Waals surface area contributed by atoms with E-state index in [1.807, 2.05) is 49.1 Å². The Morgan fingerprint density at radius 1 is 1.00 bits per heavy atom. The molecule has 1 aliphatic heterocycles. The summed E-state index contributed by atoms with van der Waals surface area (Å²) in [6.45, 7) is 3.96. The van der Waals surface area contributed by atoms with Gasteiger partial charge in [0.05, 0.1) is 11.6 Å². The number of rotatable bonds is 3. The molecule has 1 saturated carbocycles. The van der Waals surface area contributed by atoms with Crippen molar-refractivity contribution in [3.8, 4) is 0 Å². The van der Waals surface area contributed by atoms with Crippen LogP contribution in [0.4, 0.5) is 4.79 Å². The van der Waals surface area contributed by atoms with Gasteiger partial charge < -0.3 is 9.72 Å². The smallest absolute Gasteiger partial charge is 0.411 e.